The van der Waals surface area contributed by atoms with Crippen molar-refractivity contribution in [2.24, 2.45) is 0 Å². The van der Waals surface area contributed by atoms with E-state index in [1.165, 1.54) is 14.2 Å². The first-order valence-corrected chi connectivity index (χ1v) is 8.61. The maximum absolute atomic E-state index is 12.6. The summed E-state index contributed by atoms with van der Waals surface area (Å²) >= 11 is 12.1. The monoisotopic (exact) mass is 395 g/mol. The molecule has 0 radical (unpaired) electrons. The maximum Gasteiger partial charge on any atom is 0.328 e. The number of esters is 1. The molecule has 1 amide bonds. The van der Waals surface area contributed by atoms with Gasteiger partial charge in [-0.3, -0.25) is 4.79 Å². The Balaban J connectivity index is 2.19. The smallest absolute Gasteiger partial charge is 0.328 e. The predicted molar refractivity (Wildman–Crippen MR) is 100 cm³/mol. The van der Waals surface area contributed by atoms with Crippen LogP contribution in [0.1, 0.15) is 17.2 Å². The molecule has 1 N–H and O–H groups in total. The van der Waals surface area contributed by atoms with Gasteiger partial charge in [0.05, 0.1) is 7.11 Å². The molecule has 0 unspecified atom stereocenters. The summed E-state index contributed by atoms with van der Waals surface area (Å²) < 4.78 is 10.1. The van der Waals surface area contributed by atoms with E-state index in [0.717, 1.165) is 0 Å². The highest BCUT2D eigenvalue weighted by Gasteiger charge is 2.28. The van der Waals surface area contributed by atoms with Gasteiger partial charge in [-0.05, 0) is 23.3 Å². The van der Waals surface area contributed by atoms with Gasteiger partial charge in [0.2, 0.25) is 0 Å². The molecule has 2 aromatic rings. The number of amides is 1. The van der Waals surface area contributed by atoms with Crippen molar-refractivity contribution in [3.8, 4) is 0 Å². The number of rotatable bonds is 7. The van der Waals surface area contributed by atoms with Crippen LogP contribution < -0.4 is 5.32 Å². The summed E-state index contributed by atoms with van der Waals surface area (Å²) in [6.07, 6.45) is -0.677. The molecule has 0 bridgehead atoms. The van der Waals surface area contributed by atoms with Gasteiger partial charge in [-0.25, -0.2) is 4.79 Å². The van der Waals surface area contributed by atoms with Gasteiger partial charge in [0.1, 0.15) is 6.04 Å². The van der Waals surface area contributed by atoms with Crippen molar-refractivity contribution in [3.63, 3.8) is 0 Å². The molecule has 0 fully saturated rings. The lowest BCUT2D eigenvalue weighted by atomic mass is 10.0. The third kappa shape index (κ3) is 5.21. The number of carbonyl (C=O) groups is 2. The molecule has 0 saturated heterocycles. The average Bonchev–Trinajstić information content (AvgIpc) is 2.64. The van der Waals surface area contributed by atoms with E-state index in [1.54, 1.807) is 42.5 Å². The molecule has 0 aliphatic carbocycles. The third-order valence-electron chi connectivity index (χ3n) is 3.82. The summed E-state index contributed by atoms with van der Waals surface area (Å²) in [4.78, 5) is 24.8. The van der Waals surface area contributed by atoms with Gasteiger partial charge in [0.25, 0.3) is 5.91 Å². The summed E-state index contributed by atoms with van der Waals surface area (Å²) in [5.41, 5.74) is 1.35. The van der Waals surface area contributed by atoms with E-state index >= 15 is 0 Å². The van der Waals surface area contributed by atoms with Crippen LogP contribution in [0.3, 0.4) is 0 Å². The van der Waals surface area contributed by atoms with E-state index in [9.17, 15) is 9.59 Å². The van der Waals surface area contributed by atoms with Crippen molar-refractivity contribution in [3.05, 3.63) is 69.7 Å². The fourth-order valence-electron chi connectivity index (χ4n) is 2.51. The SMILES string of the molecule is COC(=O)[C@@H](Cc1ccc(Cl)cc1Cl)NC(=O)[C@H](OC)c1ccccc1. The second-order valence-corrected chi connectivity index (χ2v) is 6.39. The van der Waals surface area contributed by atoms with Gasteiger partial charge in [0.15, 0.2) is 6.10 Å². The average molecular weight is 396 g/mol. The maximum atomic E-state index is 12.6. The Kier molecular flexibility index (Phi) is 7.45. The highest BCUT2D eigenvalue weighted by Crippen LogP contribution is 2.23. The summed E-state index contributed by atoms with van der Waals surface area (Å²) in [6.45, 7) is 0. The predicted octanol–water partition coefficient (Wildman–Crippen LogP) is 3.58. The molecule has 138 valence electrons. The van der Waals surface area contributed by atoms with Gasteiger partial charge < -0.3 is 14.8 Å². The summed E-state index contributed by atoms with van der Waals surface area (Å²) in [5, 5.41) is 3.57. The third-order valence-corrected chi connectivity index (χ3v) is 4.40. The van der Waals surface area contributed by atoms with E-state index < -0.39 is 24.0 Å². The molecule has 0 heterocycles. The van der Waals surface area contributed by atoms with Crippen LogP contribution in [-0.2, 0) is 25.5 Å². The number of methoxy groups -OCH3 is 2. The van der Waals surface area contributed by atoms with Crippen molar-refractivity contribution < 1.29 is 19.1 Å². The number of ether oxygens (including phenoxy) is 2. The van der Waals surface area contributed by atoms with Gasteiger partial charge >= 0.3 is 5.97 Å². The zero-order valence-corrected chi connectivity index (χ0v) is 15.9. The largest absolute Gasteiger partial charge is 0.467 e. The number of carbonyl (C=O) groups excluding carboxylic acids is 2. The molecular formula is C19H19Cl2NO4. The van der Waals surface area contributed by atoms with Crippen molar-refractivity contribution in [2.45, 2.75) is 18.6 Å². The molecule has 0 saturated carbocycles. The van der Waals surface area contributed by atoms with Crippen molar-refractivity contribution >= 4 is 35.1 Å². The Morgan fingerprint density at radius 2 is 1.77 bits per heavy atom. The Morgan fingerprint density at radius 3 is 2.35 bits per heavy atom. The zero-order chi connectivity index (χ0) is 19.1. The molecule has 2 aromatic carbocycles. The fourth-order valence-corrected chi connectivity index (χ4v) is 3.00. The Labute approximate surface area is 162 Å². The normalized spacial score (nSPS) is 12.9. The molecular weight excluding hydrogens is 377 g/mol. The highest BCUT2D eigenvalue weighted by molar-refractivity contribution is 6.35. The first-order valence-electron chi connectivity index (χ1n) is 7.86. The number of hydrogen-bond donors (Lipinski definition) is 1. The molecule has 0 aromatic heterocycles. The lowest BCUT2D eigenvalue weighted by Gasteiger charge is -2.21. The van der Waals surface area contributed by atoms with Gasteiger partial charge in [-0.1, -0.05) is 59.6 Å². The second-order valence-electron chi connectivity index (χ2n) is 5.55. The standard InChI is InChI=1S/C19H19Cl2NO4/c1-25-17(12-6-4-3-5-7-12)18(23)22-16(19(24)26-2)10-13-8-9-14(20)11-15(13)21/h3-9,11,16-17H,10H2,1-2H3,(H,22,23)/t16-,17-/m1/s1. The molecule has 2 atom stereocenters. The number of nitrogens with one attached hydrogen (secondary N) is 1. The summed E-state index contributed by atoms with van der Waals surface area (Å²) in [5.74, 6) is -1.02. The molecule has 5 nitrogen and oxygen atoms in total. The van der Waals surface area contributed by atoms with Crippen LogP contribution in [0.2, 0.25) is 10.0 Å². The first kappa shape index (κ1) is 20.2. The molecule has 2 rings (SSSR count). The fraction of sp³-hybridized carbons (Fsp3) is 0.263. The molecule has 26 heavy (non-hydrogen) atoms. The minimum Gasteiger partial charge on any atom is -0.467 e. The van der Waals surface area contributed by atoms with Gasteiger partial charge in [-0.2, -0.15) is 0 Å². The van der Waals surface area contributed by atoms with Crippen LogP contribution in [0.4, 0.5) is 0 Å². The van der Waals surface area contributed by atoms with Gasteiger partial charge in [-0.15, -0.1) is 0 Å². The van der Waals surface area contributed by atoms with E-state index in [4.69, 9.17) is 32.7 Å². The molecule has 0 spiro atoms. The topological polar surface area (TPSA) is 64.6 Å². The zero-order valence-electron chi connectivity index (χ0n) is 14.4. The first-order chi connectivity index (χ1) is 12.5. The second kappa shape index (κ2) is 9.57. The Bertz CT molecular complexity index is 767. The van der Waals surface area contributed by atoms with Crippen LogP contribution in [-0.4, -0.2) is 32.1 Å². The van der Waals surface area contributed by atoms with Crippen molar-refractivity contribution in [2.75, 3.05) is 14.2 Å². The molecule has 0 aliphatic heterocycles. The van der Waals surface area contributed by atoms with Crippen LogP contribution in [0, 0.1) is 0 Å². The Morgan fingerprint density at radius 1 is 1.08 bits per heavy atom. The lowest BCUT2D eigenvalue weighted by Crippen LogP contribution is -2.45. The summed E-state index contributed by atoms with van der Waals surface area (Å²) in [6, 6.07) is 13.0. The van der Waals surface area contributed by atoms with Crippen LogP contribution >= 0.6 is 23.2 Å². The van der Waals surface area contributed by atoms with E-state index in [-0.39, 0.29) is 6.42 Å². The number of halogens is 2. The van der Waals surface area contributed by atoms with E-state index in [1.807, 2.05) is 6.07 Å². The summed E-state index contributed by atoms with van der Waals surface area (Å²) in [7, 11) is 2.69. The molecule has 7 heteroatoms. The van der Waals surface area contributed by atoms with Crippen molar-refractivity contribution in [1.82, 2.24) is 5.32 Å². The van der Waals surface area contributed by atoms with Crippen LogP contribution in [0.25, 0.3) is 0 Å². The quantitative estimate of drug-likeness (QED) is 0.727. The van der Waals surface area contributed by atoms with Gasteiger partial charge in [0, 0.05) is 23.6 Å². The number of benzene rings is 2. The van der Waals surface area contributed by atoms with Crippen LogP contribution in [0.5, 0.6) is 0 Å². The Hall–Kier alpha value is -2.08. The highest BCUT2D eigenvalue weighted by atomic mass is 35.5. The minimum absolute atomic E-state index is 0.166. The lowest BCUT2D eigenvalue weighted by molar-refractivity contribution is -0.146. The van der Waals surface area contributed by atoms with E-state index in [0.29, 0.717) is 21.2 Å². The molecule has 0 aliphatic rings. The number of hydrogen-bond acceptors (Lipinski definition) is 4. The van der Waals surface area contributed by atoms with Crippen molar-refractivity contribution in [1.29, 1.82) is 0 Å². The van der Waals surface area contributed by atoms with E-state index in [2.05, 4.69) is 5.32 Å². The minimum atomic E-state index is -0.910. The van der Waals surface area contributed by atoms with Crippen LogP contribution in [0.15, 0.2) is 48.5 Å².